The fourth-order valence-corrected chi connectivity index (χ4v) is 5.89. The van der Waals surface area contributed by atoms with Crippen molar-refractivity contribution >= 4 is 51.6 Å². The summed E-state index contributed by atoms with van der Waals surface area (Å²) >= 11 is 12.8. The van der Waals surface area contributed by atoms with Crippen LogP contribution in [0.4, 0.5) is 16.0 Å². The first-order valence-corrected chi connectivity index (χ1v) is 12.9. The number of anilines is 2. The van der Waals surface area contributed by atoms with Crippen LogP contribution >= 0.6 is 23.2 Å². The number of fused-ring (bicyclic) bond motifs is 4. The summed E-state index contributed by atoms with van der Waals surface area (Å²) in [6, 6.07) is 11.2. The molecule has 1 aliphatic rings. The quantitative estimate of drug-likeness (QED) is 0.309. The summed E-state index contributed by atoms with van der Waals surface area (Å²) in [6.07, 6.45) is 4.78. The predicted molar refractivity (Wildman–Crippen MR) is 148 cm³/mol. The van der Waals surface area contributed by atoms with Crippen LogP contribution in [0.15, 0.2) is 59.8 Å². The average Bonchev–Trinajstić information content (AvgIpc) is 3.35. The van der Waals surface area contributed by atoms with E-state index in [9.17, 15) is 9.18 Å². The lowest BCUT2D eigenvalue weighted by Gasteiger charge is -2.39. The molecule has 1 N–H and O–H groups in total. The van der Waals surface area contributed by atoms with Gasteiger partial charge in [-0.25, -0.2) is 18.9 Å². The normalized spacial score (nSPS) is 15.2. The molecule has 38 heavy (non-hydrogen) atoms. The summed E-state index contributed by atoms with van der Waals surface area (Å²) in [5, 5.41) is 4.19. The number of halogens is 3. The van der Waals surface area contributed by atoms with Gasteiger partial charge in [-0.1, -0.05) is 49.2 Å². The first-order valence-electron chi connectivity index (χ1n) is 12.1. The number of para-hydroxylation sites is 1. The Morgan fingerprint density at radius 2 is 1.92 bits per heavy atom. The van der Waals surface area contributed by atoms with Crippen molar-refractivity contribution in [2.75, 3.05) is 25.1 Å². The maximum Gasteiger partial charge on any atom is 0.270 e. The topological polar surface area (TPSA) is 80.4 Å². The molecule has 0 bridgehead atoms. The molecule has 0 saturated heterocycles. The summed E-state index contributed by atoms with van der Waals surface area (Å²) in [5.74, 6) is 0.655. The van der Waals surface area contributed by atoms with Crippen molar-refractivity contribution in [2.45, 2.75) is 25.8 Å². The maximum atomic E-state index is 13.6. The van der Waals surface area contributed by atoms with Gasteiger partial charge in [0.15, 0.2) is 5.65 Å². The molecule has 6 rings (SSSR count). The Hall–Kier alpha value is -3.53. The zero-order valence-electron chi connectivity index (χ0n) is 20.8. The monoisotopic (exact) mass is 551 g/mol. The van der Waals surface area contributed by atoms with Crippen molar-refractivity contribution in [1.82, 2.24) is 28.8 Å². The fraction of sp³-hybridized carbons (Fsp3) is 0.259. The SMILES string of the molecule is CC1(C)CN(CCF)Cc2cc(Nc3ncc4c(=O)n(-c5c(Cl)cccc5Cl)c5nccn5c4n3)ccc21. The van der Waals surface area contributed by atoms with Crippen LogP contribution in [0.2, 0.25) is 10.0 Å². The summed E-state index contributed by atoms with van der Waals surface area (Å²) < 4.78 is 16.1. The molecular weight excluding hydrogens is 528 g/mol. The summed E-state index contributed by atoms with van der Waals surface area (Å²) in [6.45, 7) is 5.87. The van der Waals surface area contributed by atoms with Crippen molar-refractivity contribution in [2.24, 2.45) is 0 Å². The van der Waals surface area contributed by atoms with Gasteiger partial charge < -0.3 is 5.32 Å². The molecule has 0 aliphatic carbocycles. The highest BCUT2D eigenvalue weighted by Gasteiger charge is 2.31. The largest absolute Gasteiger partial charge is 0.324 e. The Kier molecular flexibility index (Phi) is 6.09. The van der Waals surface area contributed by atoms with Gasteiger partial charge in [0.1, 0.15) is 12.1 Å². The molecule has 0 radical (unpaired) electrons. The maximum absolute atomic E-state index is 13.6. The van der Waals surface area contributed by atoms with Crippen LogP contribution in [0.5, 0.6) is 0 Å². The van der Waals surface area contributed by atoms with Crippen LogP contribution in [0, 0.1) is 0 Å². The molecule has 1 aliphatic heterocycles. The molecule has 0 atom stereocenters. The van der Waals surface area contributed by atoms with Crippen LogP contribution in [-0.2, 0) is 12.0 Å². The molecule has 0 spiro atoms. The molecule has 11 heteroatoms. The third kappa shape index (κ3) is 4.11. The van der Waals surface area contributed by atoms with E-state index in [4.69, 9.17) is 23.2 Å². The molecule has 0 fully saturated rings. The van der Waals surface area contributed by atoms with Crippen molar-refractivity contribution in [3.8, 4) is 5.69 Å². The van der Waals surface area contributed by atoms with Crippen molar-refractivity contribution in [3.05, 3.63) is 86.5 Å². The minimum atomic E-state index is -0.385. The highest BCUT2D eigenvalue weighted by atomic mass is 35.5. The molecule has 194 valence electrons. The second kappa shape index (κ2) is 9.34. The Bertz CT molecular complexity index is 1740. The number of aromatic nitrogens is 5. The van der Waals surface area contributed by atoms with E-state index in [1.807, 2.05) is 6.07 Å². The van der Waals surface area contributed by atoms with Crippen molar-refractivity contribution in [1.29, 1.82) is 0 Å². The fourth-order valence-electron chi connectivity index (χ4n) is 5.32. The first-order chi connectivity index (χ1) is 18.3. The molecule has 0 amide bonds. The molecule has 5 aromatic rings. The van der Waals surface area contributed by atoms with E-state index in [1.165, 1.54) is 16.3 Å². The second-order valence-corrected chi connectivity index (χ2v) is 10.8. The van der Waals surface area contributed by atoms with Crippen molar-refractivity contribution in [3.63, 3.8) is 0 Å². The van der Waals surface area contributed by atoms with E-state index in [0.717, 1.165) is 17.8 Å². The lowest BCUT2D eigenvalue weighted by atomic mass is 9.78. The van der Waals surface area contributed by atoms with Gasteiger partial charge in [0.2, 0.25) is 11.7 Å². The van der Waals surface area contributed by atoms with Crippen molar-refractivity contribution < 1.29 is 4.39 Å². The molecule has 0 unspecified atom stereocenters. The molecule has 4 heterocycles. The Morgan fingerprint density at radius 1 is 1.13 bits per heavy atom. The Labute approximate surface area is 227 Å². The highest BCUT2D eigenvalue weighted by Crippen LogP contribution is 2.35. The van der Waals surface area contributed by atoms with Gasteiger partial charge in [0.25, 0.3) is 5.56 Å². The third-order valence-corrected chi connectivity index (χ3v) is 7.53. The molecular formula is C27H24Cl2FN7O. The van der Waals surface area contributed by atoms with E-state index in [-0.39, 0.29) is 23.0 Å². The number of imidazole rings is 1. The third-order valence-electron chi connectivity index (χ3n) is 6.92. The second-order valence-electron chi connectivity index (χ2n) is 10.0. The minimum absolute atomic E-state index is 0.0851. The molecule has 3 aromatic heterocycles. The Balaban J connectivity index is 1.42. The first kappa shape index (κ1) is 24.8. The molecule has 2 aromatic carbocycles. The van der Waals surface area contributed by atoms with E-state index in [2.05, 4.69) is 51.1 Å². The number of nitrogens with one attached hydrogen (secondary N) is 1. The number of rotatable bonds is 5. The van der Waals surface area contributed by atoms with Gasteiger partial charge in [-0.3, -0.25) is 14.1 Å². The van der Waals surface area contributed by atoms with Crippen LogP contribution < -0.4 is 10.9 Å². The summed E-state index contributed by atoms with van der Waals surface area (Å²) in [4.78, 5) is 29.2. The summed E-state index contributed by atoms with van der Waals surface area (Å²) in [5.41, 5.74) is 3.46. The van der Waals surface area contributed by atoms with Crippen LogP contribution in [0.1, 0.15) is 25.0 Å². The van der Waals surface area contributed by atoms with Crippen LogP contribution in [-0.4, -0.2) is 48.6 Å². The zero-order valence-corrected chi connectivity index (χ0v) is 22.3. The molecule has 8 nitrogen and oxygen atoms in total. The van der Waals surface area contributed by atoms with Gasteiger partial charge in [0.05, 0.1) is 15.7 Å². The lowest BCUT2D eigenvalue weighted by molar-refractivity contribution is 0.180. The van der Waals surface area contributed by atoms with Gasteiger partial charge in [-0.05, 0) is 35.4 Å². The van der Waals surface area contributed by atoms with E-state index >= 15 is 0 Å². The smallest absolute Gasteiger partial charge is 0.270 e. The number of benzene rings is 2. The number of nitrogens with zero attached hydrogens (tertiary/aromatic N) is 6. The molecule has 0 saturated carbocycles. The van der Waals surface area contributed by atoms with Gasteiger partial charge in [0, 0.05) is 49.3 Å². The van der Waals surface area contributed by atoms with E-state index in [0.29, 0.717) is 46.2 Å². The zero-order chi connectivity index (χ0) is 26.6. The number of hydrogen-bond acceptors (Lipinski definition) is 6. The van der Waals surface area contributed by atoms with Crippen LogP contribution in [0.25, 0.3) is 22.5 Å². The number of alkyl halides is 1. The van der Waals surface area contributed by atoms with Crippen LogP contribution in [0.3, 0.4) is 0 Å². The predicted octanol–water partition coefficient (Wildman–Crippen LogP) is 5.54. The van der Waals surface area contributed by atoms with E-state index < -0.39 is 0 Å². The van der Waals surface area contributed by atoms with E-state index in [1.54, 1.807) is 35.0 Å². The number of hydrogen-bond donors (Lipinski definition) is 1. The highest BCUT2D eigenvalue weighted by molar-refractivity contribution is 6.37. The average molecular weight is 552 g/mol. The lowest BCUT2D eigenvalue weighted by Crippen LogP contribution is -2.42. The standard InChI is InChI=1S/C27H24Cl2FN7O/c1-27(2)15-35(10-8-30)14-16-12-17(6-7-19(16)27)33-25-32-13-18-23(34-25)36-11-9-31-26(36)37(24(18)38)22-20(28)4-3-5-21(22)29/h3-7,9,11-13H,8,10,14-15H2,1-2H3,(H,32,33,34). The van der Waals surface area contributed by atoms with Gasteiger partial charge >= 0.3 is 0 Å². The van der Waals surface area contributed by atoms with Gasteiger partial charge in [-0.2, -0.15) is 4.98 Å². The summed E-state index contributed by atoms with van der Waals surface area (Å²) in [7, 11) is 0. The Morgan fingerprint density at radius 3 is 2.68 bits per heavy atom. The van der Waals surface area contributed by atoms with Gasteiger partial charge in [-0.15, -0.1) is 0 Å². The minimum Gasteiger partial charge on any atom is -0.324 e.